The normalized spacial score (nSPS) is 28.7. The van der Waals surface area contributed by atoms with Gasteiger partial charge in [0.2, 0.25) is 27.7 Å². The van der Waals surface area contributed by atoms with Crippen LogP contribution in [0.25, 0.3) is 10.8 Å². The summed E-state index contributed by atoms with van der Waals surface area (Å²) in [6.07, 6.45) is -4.29. The number of aromatic nitrogens is 2. The van der Waals surface area contributed by atoms with Crippen LogP contribution in [-0.4, -0.2) is 110 Å². The first-order chi connectivity index (χ1) is 27.5. The van der Waals surface area contributed by atoms with Gasteiger partial charge in [-0.2, -0.15) is 13.2 Å². The maximum atomic E-state index is 15.0. The van der Waals surface area contributed by atoms with Gasteiger partial charge in [0.25, 0.3) is 11.5 Å². The number of hydrogen-bond acceptors (Lipinski definition) is 9. The molecule has 0 radical (unpaired) electrons. The van der Waals surface area contributed by atoms with E-state index in [0.717, 1.165) is 9.58 Å². The number of nitrogens with zero attached hydrogens (tertiary/aromatic N) is 4. The number of carbonyl (C=O) groups excluding carboxylic acids is 3. The van der Waals surface area contributed by atoms with Gasteiger partial charge in [-0.3, -0.25) is 28.8 Å². The summed E-state index contributed by atoms with van der Waals surface area (Å²) in [6, 6.07) is 2.88. The molecule has 7 atom stereocenters. The molecule has 20 heteroatoms. The van der Waals surface area contributed by atoms with Crippen LogP contribution in [0.15, 0.2) is 41.2 Å². The number of hydrogen-bond donors (Lipinski definition) is 3. The van der Waals surface area contributed by atoms with E-state index in [0.29, 0.717) is 32.1 Å². The van der Waals surface area contributed by atoms with E-state index in [1.165, 1.54) is 6.92 Å². The Morgan fingerprint density at radius 3 is 2.36 bits per heavy atom. The second-order valence-corrected chi connectivity index (χ2v) is 19.0. The van der Waals surface area contributed by atoms with Crippen LogP contribution in [0.5, 0.6) is 5.88 Å². The van der Waals surface area contributed by atoms with Crippen molar-refractivity contribution in [2.45, 2.75) is 126 Å². The number of fused-ring (bicyclic) bond motifs is 3. The molecule has 3 N–H and O–H groups in total. The molecular weight excluding hydrogens is 805 g/mol. The van der Waals surface area contributed by atoms with Crippen molar-refractivity contribution >= 4 is 44.6 Å². The molecule has 3 heterocycles. The fourth-order valence-corrected chi connectivity index (χ4v) is 9.83. The summed E-state index contributed by atoms with van der Waals surface area (Å²) < 4.78 is 92.0. The zero-order chi connectivity index (χ0) is 43.5. The Hall–Kier alpha value is -4.75. The topological polar surface area (TPSA) is 197 Å². The Balaban J connectivity index is 1.44. The number of ether oxygens (including phenoxy) is 1. The van der Waals surface area contributed by atoms with Crippen molar-refractivity contribution in [2.75, 3.05) is 13.2 Å². The van der Waals surface area contributed by atoms with E-state index in [1.54, 1.807) is 43.3 Å². The number of rotatable bonds is 9. The zero-order valence-electron chi connectivity index (χ0n) is 33.4. The van der Waals surface area contributed by atoms with E-state index in [9.17, 15) is 55.1 Å². The highest BCUT2D eigenvalue weighted by Gasteiger charge is 2.64. The van der Waals surface area contributed by atoms with Crippen molar-refractivity contribution in [1.29, 1.82) is 0 Å². The second-order valence-electron chi connectivity index (χ2n) is 17.0. The van der Waals surface area contributed by atoms with Gasteiger partial charge in [0.05, 0.1) is 17.3 Å². The van der Waals surface area contributed by atoms with Crippen LogP contribution in [0.2, 0.25) is 0 Å². The fourth-order valence-electron chi connectivity index (χ4n) is 8.40. The van der Waals surface area contributed by atoms with Crippen molar-refractivity contribution < 1.29 is 55.0 Å². The molecule has 4 amide bonds. The molecular formula is C39H50F4N6O9S. The first-order valence-corrected chi connectivity index (χ1v) is 21.2. The van der Waals surface area contributed by atoms with Crippen LogP contribution >= 0.6 is 0 Å². The number of benzene rings is 1. The van der Waals surface area contributed by atoms with E-state index in [1.807, 2.05) is 11.6 Å². The van der Waals surface area contributed by atoms with Crippen molar-refractivity contribution in [3.05, 3.63) is 46.8 Å². The molecule has 59 heavy (non-hydrogen) atoms. The molecule has 1 saturated heterocycles. The van der Waals surface area contributed by atoms with Gasteiger partial charge in [-0.05, 0) is 83.3 Å². The molecule has 2 aromatic rings. The molecule has 6 rings (SSSR count). The van der Waals surface area contributed by atoms with Gasteiger partial charge in [-0.1, -0.05) is 38.1 Å². The van der Waals surface area contributed by atoms with Crippen molar-refractivity contribution in [3.63, 3.8) is 0 Å². The summed E-state index contributed by atoms with van der Waals surface area (Å²) in [5.41, 5.74) is -5.35. The lowest BCUT2D eigenvalue weighted by Gasteiger charge is -2.45. The minimum Gasteiger partial charge on any atom is -0.471 e. The van der Waals surface area contributed by atoms with Gasteiger partial charge >= 0.3 is 12.3 Å². The summed E-state index contributed by atoms with van der Waals surface area (Å²) >= 11 is 0. The monoisotopic (exact) mass is 854 g/mol. The number of nitrogens with one attached hydrogen (secondary N) is 2. The average molecular weight is 855 g/mol. The first-order valence-electron chi connectivity index (χ1n) is 19.7. The highest BCUT2D eigenvalue weighted by Crippen LogP contribution is 2.48. The standard InChI is InChI=1S/C39H50F4N6O9S/c1-6-48-32(51)27-14-10-9-13-26(27)31(45-48)58-25-18-28-30(50)44-38(34(53)46-59(56,57)37(21-40)15-16-37)19-24(38)12-8-7-11-22(2)17-23(3)29(33(52)47(28)20-25)49(35(54)55)36(4,5)39(41,42)43/h8-10,12-14,22-25,28-29H,6-7,11,15-21H2,1-5H3,(H,44,50)(H,46,53)(H,54,55)/t22-,23+,24+,25+,28-,29-,38+/m0/s1. The SMILES string of the molecule is CCn1nc(O[C@@H]2C[C@H]3C(=O)N[C@]4(C(=O)NS(=O)(=O)C5(CF)CC5)C[C@H]4C=CCC[C@H](C)C[C@@H](C)[C@H](N(C(=O)O)C(C)(C)C(F)(F)F)C(=O)N3C2)c2ccccc2c1=O. The van der Waals surface area contributed by atoms with Crippen LogP contribution in [0, 0.1) is 17.8 Å². The van der Waals surface area contributed by atoms with Crippen LogP contribution in [0.3, 0.4) is 0 Å². The summed E-state index contributed by atoms with van der Waals surface area (Å²) in [7, 11) is -4.52. The van der Waals surface area contributed by atoms with E-state index >= 15 is 0 Å². The van der Waals surface area contributed by atoms with E-state index in [4.69, 9.17) is 4.74 Å². The largest absolute Gasteiger partial charge is 0.471 e. The smallest absolute Gasteiger partial charge is 0.411 e. The number of aryl methyl sites for hydroxylation is 1. The molecule has 15 nitrogen and oxygen atoms in total. The van der Waals surface area contributed by atoms with Crippen molar-refractivity contribution in [3.8, 4) is 5.88 Å². The Morgan fingerprint density at radius 1 is 1.10 bits per heavy atom. The van der Waals surface area contributed by atoms with Gasteiger partial charge in [0.1, 0.15) is 40.7 Å². The molecule has 3 fully saturated rings. The molecule has 324 valence electrons. The fraction of sp³-hybridized carbons (Fsp3) is 0.641. The molecule has 2 saturated carbocycles. The van der Waals surface area contributed by atoms with Gasteiger partial charge in [0.15, 0.2) is 0 Å². The molecule has 2 aliphatic heterocycles. The number of halogens is 4. The van der Waals surface area contributed by atoms with Crippen LogP contribution < -0.4 is 20.3 Å². The van der Waals surface area contributed by atoms with Crippen molar-refractivity contribution in [1.82, 2.24) is 29.6 Å². The van der Waals surface area contributed by atoms with Gasteiger partial charge < -0.3 is 20.1 Å². The van der Waals surface area contributed by atoms with Crippen LogP contribution in [-0.2, 0) is 31.0 Å². The summed E-state index contributed by atoms with van der Waals surface area (Å²) in [5.74, 6) is -5.22. The zero-order valence-corrected chi connectivity index (χ0v) is 34.2. The lowest BCUT2D eigenvalue weighted by molar-refractivity contribution is -0.222. The number of alkyl halides is 4. The molecule has 1 aromatic heterocycles. The Kier molecular flexibility index (Phi) is 11.7. The Labute approximate surface area is 338 Å². The highest BCUT2D eigenvalue weighted by molar-refractivity contribution is 7.91. The molecule has 1 aromatic carbocycles. The lowest BCUT2D eigenvalue weighted by atomic mass is 9.85. The molecule has 4 aliphatic rings. The maximum absolute atomic E-state index is 15.0. The minimum atomic E-state index is -5.14. The predicted octanol–water partition coefficient (Wildman–Crippen LogP) is 4.29. The van der Waals surface area contributed by atoms with Gasteiger partial charge in [0, 0.05) is 18.9 Å². The number of amides is 4. The first kappa shape index (κ1) is 43.8. The second kappa shape index (κ2) is 15.7. The summed E-state index contributed by atoms with van der Waals surface area (Å²) in [4.78, 5) is 70.5. The van der Waals surface area contributed by atoms with Crippen molar-refractivity contribution in [2.24, 2.45) is 17.8 Å². The molecule has 0 unspecified atom stereocenters. The summed E-state index contributed by atoms with van der Waals surface area (Å²) in [5, 5.41) is 18.0. The third kappa shape index (κ3) is 8.00. The van der Waals surface area contributed by atoms with Crippen LogP contribution in [0.1, 0.15) is 79.6 Å². The van der Waals surface area contributed by atoms with E-state index < -0.39 is 105 Å². The molecule has 0 spiro atoms. The summed E-state index contributed by atoms with van der Waals surface area (Å²) in [6.45, 7) is 4.76. The van der Waals surface area contributed by atoms with Gasteiger partial charge in [-0.15, -0.1) is 5.10 Å². The Morgan fingerprint density at radius 2 is 1.76 bits per heavy atom. The Bertz CT molecular complexity index is 2210. The molecule has 0 bridgehead atoms. The van der Waals surface area contributed by atoms with Crippen LogP contribution in [0.4, 0.5) is 22.4 Å². The third-order valence-electron chi connectivity index (χ3n) is 12.4. The lowest BCUT2D eigenvalue weighted by Crippen LogP contribution is -2.66. The van der Waals surface area contributed by atoms with E-state index in [-0.39, 0.29) is 60.7 Å². The predicted molar refractivity (Wildman–Crippen MR) is 205 cm³/mol. The number of carbonyl (C=O) groups is 4. The van der Waals surface area contributed by atoms with Gasteiger partial charge in [-0.25, -0.2) is 22.3 Å². The molecule has 2 aliphatic carbocycles. The number of allylic oxidation sites excluding steroid dienone is 1. The quantitative estimate of drug-likeness (QED) is 0.242. The number of carboxylic acid groups (broad SMARTS) is 1. The average Bonchev–Trinajstić information content (AvgIpc) is 4.07. The number of sulfonamides is 1. The third-order valence-corrected chi connectivity index (χ3v) is 14.5. The minimum absolute atomic E-state index is 0.00837. The highest BCUT2D eigenvalue weighted by atomic mass is 32.2. The maximum Gasteiger partial charge on any atom is 0.411 e. The van der Waals surface area contributed by atoms with E-state index in [2.05, 4.69) is 10.4 Å².